The highest BCUT2D eigenvalue weighted by Gasteiger charge is 2.34. The van der Waals surface area contributed by atoms with E-state index in [0.717, 1.165) is 11.1 Å². The second kappa shape index (κ2) is 13.2. The molecule has 0 spiro atoms. The summed E-state index contributed by atoms with van der Waals surface area (Å²) >= 11 is 0. The Morgan fingerprint density at radius 2 is 1.23 bits per heavy atom. The minimum absolute atomic E-state index is 0.151. The topological polar surface area (TPSA) is 40.5 Å². The van der Waals surface area contributed by atoms with Gasteiger partial charge in [0.25, 0.3) is 0 Å². The van der Waals surface area contributed by atoms with Gasteiger partial charge in [0, 0.05) is 5.41 Å². The highest BCUT2D eigenvalue weighted by molar-refractivity contribution is 6.58. The van der Waals surface area contributed by atoms with Crippen LogP contribution in [-0.4, -0.2) is 17.2 Å². The van der Waals surface area contributed by atoms with Crippen molar-refractivity contribution in [2.24, 2.45) is 0 Å². The fourth-order valence-electron chi connectivity index (χ4n) is 4.71. The molecule has 0 aliphatic heterocycles. The van der Waals surface area contributed by atoms with Crippen molar-refractivity contribution in [2.75, 3.05) is 0 Å². The molecule has 0 aromatic heterocycles. The molecule has 0 saturated carbocycles. The molecule has 2 N–H and O–H groups in total. The summed E-state index contributed by atoms with van der Waals surface area (Å²) in [6.45, 7) is 18.3. The Hall–Kier alpha value is -3.92. The van der Waals surface area contributed by atoms with Gasteiger partial charge in [-0.25, -0.2) is 0 Å². The smallest absolute Gasteiger partial charge is 0.423 e. The second-order valence-electron chi connectivity index (χ2n) is 10.4. The van der Waals surface area contributed by atoms with Crippen LogP contribution in [0.3, 0.4) is 0 Å². The lowest BCUT2D eigenvalue weighted by Gasteiger charge is -2.21. The average molecular weight is 515 g/mol. The van der Waals surface area contributed by atoms with Crippen molar-refractivity contribution >= 4 is 18.2 Å². The molecule has 0 radical (unpaired) electrons. The number of hydrogen-bond donors (Lipinski definition) is 2. The Kier molecular flexibility index (Phi) is 10.1. The van der Waals surface area contributed by atoms with E-state index in [4.69, 9.17) is 10.0 Å². The Bertz CT molecular complexity index is 1440. The second-order valence-corrected chi connectivity index (χ2v) is 10.4. The van der Waals surface area contributed by atoms with E-state index in [9.17, 15) is 0 Å². The highest BCUT2D eigenvalue weighted by atomic mass is 16.4. The lowest BCUT2D eigenvalue weighted by Crippen LogP contribution is -2.29. The molecule has 0 amide bonds. The quantitative estimate of drug-likeness (QED) is 0.216. The van der Waals surface area contributed by atoms with Gasteiger partial charge in [-0.3, -0.25) is 0 Å². The van der Waals surface area contributed by atoms with Crippen molar-refractivity contribution in [1.29, 1.82) is 0 Å². The zero-order valence-corrected chi connectivity index (χ0v) is 23.8. The van der Waals surface area contributed by atoms with E-state index >= 15 is 0 Å². The molecule has 1 aliphatic rings. The fourth-order valence-corrected chi connectivity index (χ4v) is 4.71. The van der Waals surface area contributed by atoms with E-state index in [1.807, 2.05) is 31.2 Å². The minimum atomic E-state index is -1.35. The van der Waals surface area contributed by atoms with Gasteiger partial charge in [-0.05, 0) is 59.6 Å². The van der Waals surface area contributed by atoms with Crippen molar-refractivity contribution in [1.82, 2.24) is 0 Å². The van der Waals surface area contributed by atoms with Crippen LogP contribution in [0.2, 0.25) is 0 Å². The maximum absolute atomic E-state index is 8.67. The first-order valence-electron chi connectivity index (χ1n) is 13.2. The van der Waals surface area contributed by atoms with E-state index < -0.39 is 7.12 Å². The summed E-state index contributed by atoms with van der Waals surface area (Å²) in [5, 5.41) is 17.3. The summed E-state index contributed by atoms with van der Waals surface area (Å²) in [7, 11) is -1.35. The molecule has 2 nitrogen and oxygen atoms in total. The van der Waals surface area contributed by atoms with Gasteiger partial charge in [0.15, 0.2) is 0 Å². The first-order valence-corrected chi connectivity index (χ1v) is 13.2. The summed E-state index contributed by atoms with van der Waals surface area (Å²) < 4.78 is 0. The summed E-state index contributed by atoms with van der Waals surface area (Å²) in [5.41, 5.74) is 12.4. The number of fused-ring (bicyclic) bond motifs is 3. The molecule has 0 atom stereocenters. The van der Waals surface area contributed by atoms with Crippen LogP contribution in [0, 0.1) is 20.8 Å². The van der Waals surface area contributed by atoms with Crippen molar-refractivity contribution in [3.63, 3.8) is 0 Å². The van der Waals surface area contributed by atoms with E-state index in [2.05, 4.69) is 108 Å². The Morgan fingerprint density at radius 3 is 1.79 bits per heavy atom. The van der Waals surface area contributed by atoms with Crippen molar-refractivity contribution in [2.45, 2.75) is 40.0 Å². The van der Waals surface area contributed by atoms with Crippen molar-refractivity contribution < 1.29 is 10.0 Å². The predicted molar refractivity (Wildman–Crippen MR) is 169 cm³/mol. The zero-order chi connectivity index (χ0) is 28.6. The van der Waals surface area contributed by atoms with E-state index in [0.29, 0.717) is 5.46 Å². The van der Waals surface area contributed by atoms with E-state index in [1.165, 1.54) is 38.9 Å². The lowest BCUT2D eigenvalue weighted by molar-refractivity contribution is 0.426. The number of rotatable bonds is 4. The van der Waals surface area contributed by atoms with Gasteiger partial charge in [0.1, 0.15) is 0 Å². The summed E-state index contributed by atoms with van der Waals surface area (Å²) in [5.74, 6) is 0. The van der Waals surface area contributed by atoms with Crippen molar-refractivity contribution in [3.8, 4) is 11.1 Å². The van der Waals surface area contributed by atoms with Crippen LogP contribution >= 0.6 is 0 Å². The van der Waals surface area contributed by atoms with Crippen molar-refractivity contribution in [3.05, 3.63) is 156 Å². The largest absolute Gasteiger partial charge is 0.488 e. The van der Waals surface area contributed by atoms with Gasteiger partial charge in [-0.2, -0.15) is 0 Å². The monoisotopic (exact) mass is 514 g/mol. The van der Waals surface area contributed by atoms with Crippen LogP contribution in [-0.2, 0) is 5.41 Å². The molecule has 0 fully saturated rings. The summed E-state index contributed by atoms with van der Waals surface area (Å²) in [4.78, 5) is 0. The number of hydrogen-bond acceptors (Lipinski definition) is 2. The maximum atomic E-state index is 8.67. The Labute approximate surface area is 234 Å². The number of allylic oxidation sites excluding steroid dienone is 4. The van der Waals surface area contributed by atoms with E-state index in [1.54, 1.807) is 18.2 Å². The van der Waals surface area contributed by atoms with Gasteiger partial charge in [-0.1, -0.05) is 153 Å². The van der Waals surface area contributed by atoms with Crippen LogP contribution in [0.25, 0.3) is 16.7 Å². The van der Waals surface area contributed by atoms with Gasteiger partial charge in [-0.15, -0.1) is 0 Å². The Balaban J connectivity index is 0.000000167. The first-order chi connectivity index (χ1) is 18.6. The molecule has 1 aliphatic carbocycles. The molecule has 0 heterocycles. The molecule has 4 aromatic carbocycles. The SMILES string of the molecule is C=C/C=C(\C=C)c1ccc(C)cc1.Cc1ccc(B(O)O)cc1.Cc1ccc2c(c1)C(C)(C)c1ccccc1-2. The molecule has 4 aromatic rings. The van der Waals surface area contributed by atoms with Crippen LogP contribution in [0.5, 0.6) is 0 Å². The molecule has 198 valence electrons. The van der Waals surface area contributed by atoms with E-state index in [-0.39, 0.29) is 5.41 Å². The van der Waals surface area contributed by atoms with Gasteiger partial charge >= 0.3 is 7.12 Å². The zero-order valence-electron chi connectivity index (χ0n) is 23.8. The fraction of sp³-hybridized carbons (Fsp3) is 0.167. The number of benzene rings is 4. The average Bonchev–Trinajstić information content (AvgIpc) is 3.15. The Morgan fingerprint density at radius 1 is 0.692 bits per heavy atom. The standard InChI is InChI=1S/C16H16.C13H14.C7H9BO2/c1-11-8-9-13-12-6-4-5-7-14(12)16(2,3)15(13)10-11;1-4-6-12(5-2)13-9-7-11(3)8-10-13;1-6-2-4-7(5-3-6)8(9)10/h4-10H,1-3H3;4-10H,1-2H2,3H3;2-5,9-10H,1H3/b;12-6+;. The molecular formula is C36H39BO2. The minimum Gasteiger partial charge on any atom is -0.423 e. The van der Waals surface area contributed by atoms with Crippen LogP contribution < -0.4 is 5.46 Å². The summed E-state index contributed by atoms with van der Waals surface area (Å²) in [6.07, 6.45) is 5.57. The maximum Gasteiger partial charge on any atom is 0.488 e. The molecule has 5 rings (SSSR count). The third kappa shape index (κ3) is 7.35. The molecule has 3 heteroatoms. The third-order valence-electron chi connectivity index (χ3n) is 7.02. The molecule has 0 saturated heterocycles. The lowest BCUT2D eigenvalue weighted by atomic mass is 9.80. The van der Waals surface area contributed by atoms with Gasteiger partial charge in [0.05, 0.1) is 0 Å². The first kappa shape index (κ1) is 29.6. The normalized spacial score (nSPS) is 12.5. The van der Waals surface area contributed by atoms with Crippen LogP contribution in [0.15, 0.2) is 122 Å². The molecule has 39 heavy (non-hydrogen) atoms. The van der Waals surface area contributed by atoms with Crippen LogP contribution in [0.1, 0.15) is 47.2 Å². The molecule has 0 unspecified atom stereocenters. The molecular weight excluding hydrogens is 475 g/mol. The third-order valence-corrected chi connectivity index (χ3v) is 7.02. The van der Waals surface area contributed by atoms with Crippen LogP contribution in [0.4, 0.5) is 0 Å². The van der Waals surface area contributed by atoms with Gasteiger partial charge < -0.3 is 10.0 Å². The number of aryl methyl sites for hydroxylation is 3. The highest BCUT2D eigenvalue weighted by Crippen LogP contribution is 2.48. The predicted octanol–water partition coefficient (Wildman–Crippen LogP) is 7.73. The molecule has 0 bridgehead atoms. The summed E-state index contributed by atoms with van der Waals surface area (Å²) in [6, 6.07) is 31.0. The van der Waals surface area contributed by atoms with Gasteiger partial charge in [0.2, 0.25) is 0 Å².